The lowest BCUT2D eigenvalue weighted by Gasteiger charge is -2.33. The van der Waals surface area contributed by atoms with Crippen LogP contribution in [0.4, 0.5) is 0 Å². The van der Waals surface area contributed by atoms with Crippen molar-refractivity contribution in [3.63, 3.8) is 0 Å². The number of nitrogens with zero attached hydrogens (tertiary/aromatic N) is 2. The van der Waals surface area contributed by atoms with Gasteiger partial charge in [0.05, 0.1) is 0 Å². The van der Waals surface area contributed by atoms with Gasteiger partial charge in [-0.25, -0.2) is 8.42 Å². The zero-order valence-electron chi connectivity index (χ0n) is 16.5. The average molecular weight is 454 g/mol. The minimum Gasteiger partial charge on any atom is -0.486 e. The van der Waals surface area contributed by atoms with Crippen LogP contribution in [0.15, 0.2) is 27.2 Å². The minimum absolute atomic E-state index is 0.00980. The lowest BCUT2D eigenvalue weighted by Crippen LogP contribution is -2.50. The van der Waals surface area contributed by atoms with Crippen LogP contribution in [-0.2, 0) is 21.2 Å². The van der Waals surface area contributed by atoms with Gasteiger partial charge in [-0.3, -0.25) is 9.59 Å². The predicted molar refractivity (Wildman–Crippen MR) is 111 cm³/mol. The van der Waals surface area contributed by atoms with Crippen LogP contribution in [0.2, 0.25) is 0 Å². The molecule has 2 aliphatic heterocycles. The maximum absolute atomic E-state index is 12.8. The van der Waals surface area contributed by atoms with Crippen molar-refractivity contribution < 1.29 is 22.7 Å². The number of rotatable bonds is 5. The number of hydrogen-bond donors (Lipinski definition) is 1. The van der Waals surface area contributed by atoms with Gasteiger partial charge in [0.1, 0.15) is 13.2 Å². The van der Waals surface area contributed by atoms with E-state index in [-0.39, 0.29) is 28.1 Å². The molecule has 2 aromatic rings. The molecule has 0 spiro atoms. The number of aryl methyl sites for hydroxylation is 2. The highest BCUT2D eigenvalue weighted by atomic mass is 32.2. The van der Waals surface area contributed by atoms with Crippen LogP contribution < -0.4 is 14.3 Å². The second-order valence-electron chi connectivity index (χ2n) is 7.19. The monoisotopic (exact) mass is 453 g/mol. The fraction of sp³-hybridized carbons (Fsp3) is 0.474. The Bertz CT molecular complexity index is 1100. The van der Waals surface area contributed by atoms with E-state index in [9.17, 15) is 18.0 Å². The van der Waals surface area contributed by atoms with E-state index in [0.717, 1.165) is 11.3 Å². The lowest BCUT2D eigenvalue weighted by molar-refractivity contribution is -0.132. The first-order chi connectivity index (χ1) is 14.3. The second kappa shape index (κ2) is 8.40. The molecule has 0 aliphatic carbocycles. The number of hydrogen-bond acceptors (Lipinski definition) is 7. The molecular formula is C19H23N3O6S2. The van der Waals surface area contributed by atoms with Crippen molar-refractivity contribution in [2.75, 3.05) is 39.4 Å². The molecule has 11 heteroatoms. The van der Waals surface area contributed by atoms with Crippen LogP contribution in [0, 0.1) is 6.92 Å². The second-order valence-corrected chi connectivity index (χ2v) is 10.3. The number of nitrogens with one attached hydrogen (secondary N) is 1. The maximum Gasteiger partial charge on any atom is 0.305 e. The summed E-state index contributed by atoms with van der Waals surface area (Å²) in [4.78, 5) is 27.9. The van der Waals surface area contributed by atoms with Crippen molar-refractivity contribution in [2.24, 2.45) is 0 Å². The molecule has 9 nitrogen and oxygen atoms in total. The highest BCUT2D eigenvalue weighted by Crippen LogP contribution is 2.31. The summed E-state index contributed by atoms with van der Waals surface area (Å²) in [5.41, 5.74) is 1.34. The first kappa shape index (κ1) is 20.9. The van der Waals surface area contributed by atoms with E-state index in [2.05, 4.69) is 4.98 Å². The maximum atomic E-state index is 12.8. The van der Waals surface area contributed by atoms with Gasteiger partial charge in [-0.1, -0.05) is 17.4 Å². The molecule has 1 fully saturated rings. The molecule has 0 saturated carbocycles. The number of sulfonamides is 1. The summed E-state index contributed by atoms with van der Waals surface area (Å²) in [6.07, 6.45) is 0.912. The van der Waals surface area contributed by atoms with Gasteiger partial charge in [0.2, 0.25) is 5.91 Å². The van der Waals surface area contributed by atoms with Crippen molar-refractivity contribution in [1.82, 2.24) is 14.2 Å². The van der Waals surface area contributed by atoms with E-state index in [1.54, 1.807) is 11.8 Å². The van der Waals surface area contributed by atoms with Crippen molar-refractivity contribution in [3.05, 3.63) is 39.1 Å². The minimum atomic E-state index is -3.73. The standard InChI is InChI=1S/C19H23N3O6S2/c1-13-18(29-19(24)20-13)30(25,26)22-8-6-21(7-9-22)17(23)5-3-14-2-4-15-16(12-14)28-11-10-27-15/h2,4,12H,3,5-11H2,1H3,(H,20,24). The Morgan fingerprint density at radius 3 is 2.50 bits per heavy atom. The number of aromatic nitrogens is 1. The summed E-state index contributed by atoms with van der Waals surface area (Å²) >= 11 is 0.697. The lowest BCUT2D eigenvalue weighted by atomic mass is 10.1. The Hall–Kier alpha value is -2.37. The number of aromatic amines is 1. The molecule has 0 radical (unpaired) electrons. The zero-order chi connectivity index (χ0) is 21.3. The third kappa shape index (κ3) is 4.23. The molecule has 0 bridgehead atoms. The number of amides is 1. The van der Waals surface area contributed by atoms with Gasteiger partial charge < -0.3 is 19.4 Å². The van der Waals surface area contributed by atoms with Crippen molar-refractivity contribution >= 4 is 27.3 Å². The van der Waals surface area contributed by atoms with Crippen LogP contribution in [0.25, 0.3) is 0 Å². The molecule has 1 aromatic heterocycles. The molecule has 2 aliphatic rings. The smallest absolute Gasteiger partial charge is 0.305 e. The Balaban J connectivity index is 1.32. The Kier molecular flexibility index (Phi) is 5.85. The topological polar surface area (TPSA) is 109 Å². The van der Waals surface area contributed by atoms with Gasteiger partial charge in [0.25, 0.3) is 10.0 Å². The SMILES string of the molecule is Cc1[nH]c(=O)sc1S(=O)(=O)N1CCN(C(=O)CCc2ccc3c(c2)OCCO3)CC1. The van der Waals surface area contributed by atoms with Crippen LogP contribution in [0.5, 0.6) is 11.5 Å². The number of fused-ring (bicyclic) bond motifs is 1. The van der Waals surface area contributed by atoms with E-state index in [0.29, 0.717) is 61.9 Å². The zero-order valence-corrected chi connectivity index (χ0v) is 18.2. The molecular weight excluding hydrogens is 430 g/mol. The summed E-state index contributed by atoms with van der Waals surface area (Å²) in [6.45, 7) is 3.71. The van der Waals surface area contributed by atoms with Crippen LogP contribution in [-0.4, -0.2) is 67.9 Å². The van der Waals surface area contributed by atoms with E-state index in [1.807, 2.05) is 18.2 Å². The summed E-state index contributed by atoms with van der Waals surface area (Å²) in [7, 11) is -3.73. The van der Waals surface area contributed by atoms with E-state index in [1.165, 1.54) is 4.31 Å². The summed E-state index contributed by atoms with van der Waals surface area (Å²) in [6, 6.07) is 5.68. The Labute approximate surface area is 178 Å². The van der Waals surface area contributed by atoms with E-state index in [4.69, 9.17) is 9.47 Å². The molecule has 0 unspecified atom stereocenters. The number of ether oxygens (including phenoxy) is 2. The van der Waals surface area contributed by atoms with Crippen LogP contribution in [0.1, 0.15) is 17.7 Å². The number of thiazole rings is 1. The molecule has 4 rings (SSSR count). The van der Waals surface area contributed by atoms with Gasteiger partial charge in [0, 0.05) is 38.3 Å². The molecule has 1 aromatic carbocycles. The molecule has 3 heterocycles. The summed E-state index contributed by atoms with van der Waals surface area (Å²) in [5, 5.41) is 0. The van der Waals surface area contributed by atoms with Crippen molar-refractivity contribution in [3.8, 4) is 11.5 Å². The largest absolute Gasteiger partial charge is 0.486 e. The van der Waals surface area contributed by atoms with Gasteiger partial charge in [-0.2, -0.15) is 4.31 Å². The molecule has 1 N–H and O–H groups in total. The van der Waals surface area contributed by atoms with Gasteiger partial charge >= 0.3 is 4.87 Å². The van der Waals surface area contributed by atoms with Crippen LogP contribution >= 0.6 is 11.3 Å². The highest BCUT2D eigenvalue weighted by Gasteiger charge is 2.32. The predicted octanol–water partition coefficient (Wildman–Crippen LogP) is 0.982. The molecule has 0 atom stereocenters. The third-order valence-electron chi connectivity index (χ3n) is 5.18. The fourth-order valence-electron chi connectivity index (χ4n) is 3.58. The van der Waals surface area contributed by atoms with Crippen molar-refractivity contribution in [2.45, 2.75) is 24.0 Å². The van der Waals surface area contributed by atoms with E-state index >= 15 is 0 Å². The van der Waals surface area contributed by atoms with Crippen LogP contribution in [0.3, 0.4) is 0 Å². The molecule has 1 amide bonds. The third-order valence-corrected chi connectivity index (χ3v) is 8.66. The Morgan fingerprint density at radius 1 is 1.13 bits per heavy atom. The quantitative estimate of drug-likeness (QED) is 0.723. The first-order valence-corrected chi connectivity index (χ1v) is 12.0. The summed E-state index contributed by atoms with van der Waals surface area (Å²) < 4.78 is 38.0. The molecule has 1 saturated heterocycles. The molecule has 30 heavy (non-hydrogen) atoms. The van der Waals surface area contributed by atoms with E-state index < -0.39 is 10.0 Å². The van der Waals surface area contributed by atoms with Gasteiger partial charge in [-0.05, 0) is 31.0 Å². The number of carbonyl (C=O) groups excluding carboxylic acids is 1. The van der Waals surface area contributed by atoms with Gasteiger partial charge in [0.15, 0.2) is 15.7 Å². The van der Waals surface area contributed by atoms with Crippen molar-refractivity contribution in [1.29, 1.82) is 0 Å². The number of benzene rings is 1. The Morgan fingerprint density at radius 2 is 1.83 bits per heavy atom. The average Bonchev–Trinajstić information content (AvgIpc) is 3.10. The number of carbonyl (C=O) groups is 1. The number of piperazine rings is 1. The normalized spacial score (nSPS) is 17.2. The molecule has 162 valence electrons. The fourth-order valence-corrected chi connectivity index (χ4v) is 6.44. The summed E-state index contributed by atoms with van der Waals surface area (Å²) in [5.74, 6) is 1.41. The highest BCUT2D eigenvalue weighted by molar-refractivity contribution is 7.91. The van der Waals surface area contributed by atoms with Gasteiger partial charge in [-0.15, -0.1) is 0 Å². The number of H-pyrrole nitrogens is 1. The first-order valence-electron chi connectivity index (χ1n) is 9.71.